The minimum atomic E-state index is -5.08. The van der Waals surface area contributed by atoms with E-state index in [1.807, 2.05) is 37.4 Å². The van der Waals surface area contributed by atoms with E-state index in [1.165, 1.54) is 0 Å². The third-order valence-corrected chi connectivity index (χ3v) is 6.99. The number of alkyl halides is 3. The molecule has 204 valence electrons. The minimum absolute atomic E-state index is 0.443. The summed E-state index contributed by atoms with van der Waals surface area (Å²) in [5, 5.41) is 51.6. The smallest absolute Gasteiger partial charge is 0.475 e. The number of ether oxygens (including phenoxy) is 1. The van der Waals surface area contributed by atoms with Gasteiger partial charge in [-0.1, -0.05) is 29.8 Å². The number of carboxylic acids is 1. The van der Waals surface area contributed by atoms with E-state index < -0.39 is 49.3 Å². The molecular formula is C25H29ClF3NO7. The number of aliphatic carboxylic acids is 1. The van der Waals surface area contributed by atoms with E-state index in [-0.39, 0.29) is 0 Å². The van der Waals surface area contributed by atoms with Gasteiger partial charge in [-0.3, -0.25) is 0 Å². The Morgan fingerprint density at radius 3 is 2.22 bits per heavy atom. The third kappa shape index (κ3) is 6.54. The van der Waals surface area contributed by atoms with E-state index in [4.69, 9.17) is 26.2 Å². The van der Waals surface area contributed by atoms with Crippen LogP contribution in [0.3, 0.4) is 0 Å². The molecule has 2 aromatic carbocycles. The van der Waals surface area contributed by atoms with Crippen LogP contribution < -0.4 is 5.32 Å². The fourth-order valence-corrected chi connectivity index (χ4v) is 4.92. The summed E-state index contributed by atoms with van der Waals surface area (Å²) in [4.78, 5) is 8.90. The molecule has 6 N–H and O–H groups in total. The Morgan fingerprint density at radius 2 is 1.68 bits per heavy atom. The molecule has 1 heterocycles. The highest BCUT2D eigenvalue weighted by atomic mass is 35.5. The summed E-state index contributed by atoms with van der Waals surface area (Å²) in [6.45, 7) is -0.443. The Kier molecular flexibility index (Phi) is 9.43. The van der Waals surface area contributed by atoms with Crippen molar-refractivity contribution in [1.29, 1.82) is 0 Å². The SMILES string of the molecule is CNc1ccc(Cc2cc([C@@H]3O[C@H](CO)[C@@H](O)[C@H](O)[C@H]3O)c3c(c2Cl)CCC3)cc1.O=C(O)C(F)(F)F. The Morgan fingerprint density at radius 1 is 1.08 bits per heavy atom. The second kappa shape index (κ2) is 12.0. The van der Waals surface area contributed by atoms with Crippen LogP contribution in [0.15, 0.2) is 30.3 Å². The van der Waals surface area contributed by atoms with Gasteiger partial charge in [0.05, 0.1) is 6.61 Å². The normalized spacial score (nSPS) is 25.2. The van der Waals surface area contributed by atoms with E-state index in [0.29, 0.717) is 6.42 Å². The van der Waals surface area contributed by atoms with Gasteiger partial charge in [0.25, 0.3) is 0 Å². The highest BCUT2D eigenvalue weighted by Gasteiger charge is 2.45. The number of carboxylic acid groups (broad SMARTS) is 1. The van der Waals surface area contributed by atoms with Crippen LogP contribution in [0.2, 0.25) is 5.02 Å². The van der Waals surface area contributed by atoms with E-state index >= 15 is 0 Å². The van der Waals surface area contributed by atoms with Gasteiger partial charge in [0, 0.05) is 17.8 Å². The maximum absolute atomic E-state index is 10.7. The summed E-state index contributed by atoms with van der Waals surface area (Å²) in [6, 6.07) is 10.1. The fraction of sp³-hybridized carbons (Fsp3) is 0.480. The number of hydrogen-bond acceptors (Lipinski definition) is 7. The van der Waals surface area contributed by atoms with Gasteiger partial charge in [-0.15, -0.1) is 0 Å². The molecule has 0 spiro atoms. The van der Waals surface area contributed by atoms with Crippen molar-refractivity contribution < 1.29 is 48.2 Å². The number of nitrogens with one attached hydrogen (secondary N) is 1. The van der Waals surface area contributed by atoms with E-state index in [0.717, 1.165) is 57.8 Å². The van der Waals surface area contributed by atoms with Gasteiger partial charge < -0.3 is 35.6 Å². The molecule has 0 aromatic heterocycles. The number of anilines is 1. The van der Waals surface area contributed by atoms with Crippen LogP contribution in [-0.4, -0.2) is 75.7 Å². The highest BCUT2D eigenvalue weighted by Crippen LogP contribution is 2.42. The van der Waals surface area contributed by atoms with Crippen LogP contribution in [0.4, 0.5) is 18.9 Å². The maximum atomic E-state index is 10.7. The summed E-state index contributed by atoms with van der Waals surface area (Å²) >= 11 is 6.77. The van der Waals surface area contributed by atoms with Crippen LogP contribution in [0.1, 0.15) is 40.3 Å². The van der Waals surface area contributed by atoms with Crippen molar-refractivity contribution in [3.63, 3.8) is 0 Å². The average molecular weight is 548 g/mol. The van der Waals surface area contributed by atoms with Crippen LogP contribution >= 0.6 is 11.6 Å². The van der Waals surface area contributed by atoms with Crippen molar-refractivity contribution in [2.75, 3.05) is 19.0 Å². The molecule has 4 rings (SSSR count). The zero-order valence-corrected chi connectivity index (χ0v) is 20.6. The number of benzene rings is 2. The Labute approximate surface area is 216 Å². The first-order chi connectivity index (χ1) is 17.4. The van der Waals surface area contributed by atoms with E-state index in [9.17, 15) is 33.6 Å². The number of rotatable bonds is 5. The Balaban J connectivity index is 0.000000479. The molecule has 12 heteroatoms. The van der Waals surface area contributed by atoms with Crippen molar-refractivity contribution in [3.8, 4) is 0 Å². The monoisotopic (exact) mass is 547 g/mol. The summed E-state index contributed by atoms with van der Waals surface area (Å²) in [7, 11) is 1.87. The zero-order chi connectivity index (χ0) is 27.5. The lowest BCUT2D eigenvalue weighted by molar-refractivity contribution is -0.231. The van der Waals surface area contributed by atoms with Gasteiger partial charge in [0.2, 0.25) is 0 Å². The predicted octanol–water partition coefficient (Wildman–Crippen LogP) is 2.61. The number of fused-ring (bicyclic) bond motifs is 1. The van der Waals surface area contributed by atoms with Gasteiger partial charge >= 0.3 is 12.1 Å². The Bertz CT molecular complexity index is 1100. The largest absolute Gasteiger partial charge is 0.490 e. The summed E-state index contributed by atoms with van der Waals surface area (Å²) in [6.07, 6.45) is -7.66. The zero-order valence-electron chi connectivity index (χ0n) is 19.9. The number of carbonyl (C=O) groups is 1. The van der Waals surface area contributed by atoms with Crippen LogP contribution in [0, 0.1) is 0 Å². The van der Waals surface area contributed by atoms with Gasteiger partial charge in [-0.2, -0.15) is 13.2 Å². The number of halogens is 4. The van der Waals surface area contributed by atoms with Crippen LogP contribution in [-0.2, 0) is 28.8 Å². The first-order valence-electron chi connectivity index (χ1n) is 11.6. The molecule has 0 saturated carbocycles. The summed E-state index contributed by atoms with van der Waals surface area (Å²) < 4.78 is 37.6. The van der Waals surface area contributed by atoms with Gasteiger partial charge in [-0.25, -0.2) is 4.79 Å². The first kappa shape index (κ1) is 29.2. The van der Waals surface area contributed by atoms with Crippen molar-refractivity contribution in [1.82, 2.24) is 0 Å². The molecule has 0 radical (unpaired) electrons. The van der Waals surface area contributed by atoms with Gasteiger partial charge in [0.1, 0.15) is 30.5 Å². The lowest BCUT2D eigenvalue weighted by atomic mass is 9.86. The number of aliphatic hydroxyl groups is 4. The molecule has 1 aliphatic heterocycles. The molecule has 5 atom stereocenters. The van der Waals surface area contributed by atoms with E-state index in [2.05, 4.69) is 5.32 Å². The molecule has 2 aromatic rings. The number of aliphatic hydroxyl groups excluding tert-OH is 4. The lowest BCUT2D eigenvalue weighted by Crippen LogP contribution is -2.55. The van der Waals surface area contributed by atoms with E-state index in [1.54, 1.807) is 0 Å². The predicted molar refractivity (Wildman–Crippen MR) is 129 cm³/mol. The van der Waals surface area contributed by atoms with Crippen molar-refractivity contribution >= 4 is 23.3 Å². The molecule has 0 amide bonds. The summed E-state index contributed by atoms with van der Waals surface area (Å²) in [5.74, 6) is -2.76. The van der Waals surface area contributed by atoms with Crippen LogP contribution in [0.5, 0.6) is 0 Å². The second-order valence-corrected chi connectivity index (χ2v) is 9.30. The van der Waals surface area contributed by atoms with Crippen molar-refractivity contribution in [2.24, 2.45) is 0 Å². The molecule has 0 unspecified atom stereocenters. The maximum Gasteiger partial charge on any atom is 0.490 e. The quantitative estimate of drug-likeness (QED) is 0.336. The first-order valence-corrected chi connectivity index (χ1v) is 12.0. The second-order valence-electron chi connectivity index (χ2n) is 8.93. The molecule has 1 saturated heterocycles. The topological polar surface area (TPSA) is 139 Å². The van der Waals surface area contributed by atoms with Gasteiger partial charge in [-0.05, 0) is 65.6 Å². The van der Waals surface area contributed by atoms with Crippen molar-refractivity contribution in [3.05, 3.63) is 63.2 Å². The third-order valence-electron chi connectivity index (χ3n) is 6.52. The molecular weight excluding hydrogens is 519 g/mol. The molecule has 8 nitrogen and oxygen atoms in total. The summed E-state index contributed by atoms with van der Waals surface area (Å²) in [5.41, 5.74) is 5.95. The Hall–Kier alpha value is -2.41. The number of hydrogen-bond donors (Lipinski definition) is 6. The lowest BCUT2D eigenvalue weighted by Gasteiger charge is -2.41. The van der Waals surface area contributed by atoms with Gasteiger partial charge in [0.15, 0.2) is 0 Å². The molecule has 37 heavy (non-hydrogen) atoms. The molecule has 1 aliphatic carbocycles. The molecule has 2 aliphatic rings. The molecule has 0 bridgehead atoms. The van der Waals surface area contributed by atoms with Crippen LogP contribution in [0.25, 0.3) is 0 Å². The fourth-order valence-electron chi connectivity index (χ4n) is 4.59. The standard InChI is InChI=1S/C23H28ClNO5.C2HF3O2/c1-25-14-7-5-12(6-8-14)9-13-10-17(15-3-2-4-16(15)19(13)24)23-22(29)21(28)20(27)18(11-26)30-23;3-2(4,5)1(6)7/h5-8,10,18,20-23,25-29H,2-4,9,11H2,1H3;(H,6,7)/t18-,20-,21+,22-,23+;/m1./s1. The highest BCUT2D eigenvalue weighted by molar-refractivity contribution is 6.32. The minimum Gasteiger partial charge on any atom is -0.475 e. The van der Waals surface area contributed by atoms with Crippen molar-refractivity contribution in [2.45, 2.75) is 62.4 Å². The average Bonchev–Trinajstić information content (AvgIpc) is 3.36. The molecule has 1 fully saturated rings.